The normalized spacial score (nSPS) is 11.9. The molecule has 0 saturated carbocycles. The van der Waals surface area contributed by atoms with Gasteiger partial charge in [0.1, 0.15) is 0 Å². The van der Waals surface area contributed by atoms with Crippen LogP contribution < -0.4 is 5.32 Å². The van der Waals surface area contributed by atoms with Crippen LogP contribution in [0.4, 0.5) is 5.69 Å². The molecule has 27 heavy (non-hydrogen) atoms. The van der Waals surface area contributed by atoms with Crippen molar-refractivity contribution in [1.82, 2.24) is 0 Å². The summed E-state index contributed by atoms with van der Waals surface area (Å²) in [6, 6.07) is 34.2. The third-order valence-corrected chi connectivity index (χ3v) is 4.78. The Morgan fingerprint density at radius 3 is 2.07 bits per heavy atom. The molecule has 0 heterocycles. The minimum atomic E-state index is -0.0833. The monoisotopic (exact) mass is 351 g/mol. The summed E-state index contributed by atoms with van der Waals surface area (Å²) in [4.78, 5) is 12.8. The zero-order valence-electron chi connectivity index (χ0n) is 15.0. The Morgan fingerprint density at radius 2 is 1.33 bits per heavy atom. The van der Waals surface area contributed by atoms with E-state index in [1.807, 2.05) is 60.7 Å². The van der Waals surface area contributed by atoms with E-state index in [0.29, 0.717) is 6.42 Å². The summed E-state index contributed by atoms with van der Waals surface area (Å²) in [5, 5.41) is 5.96. The van der Waals surface area contributed by atoms with Gasteiger partial charge in [-0.15, -0.1) is 0 Å². The lowest BCUT2D eigenvalue weighted by molar-refractivity contribution is 0.0976. The van der Waals surface area contributed by atoms with E-state index in [0.717, 1.165) is 16.8 Å². The summed E-state index contributed by atoms with van der Waals surface area (Å²) >= 11 is 0. The smallest absolute Gasteiger partial charge is 0.165 e. The van der Waals surface area contributed by atoms with Gasteiger partial charge in [-0.25, -0.2) is 0 Å². The van der Waals surface area contributed by atoms with Gasteiger partial charge in [0.15, 0.2) is 5.78 Å². The van der Waals surface area contributed by atoms with Gasteiger partial charge < -0.3 is 5.32 Å². The van der Waals surface area contributed by atoms with E-state index in [1.54, 1.807) is 0 Å². The van der Waals surface area contributed by atoms with Crippen molar-refractivity contribution in [2.24, 2.45) is 0 Å². The maximum absolute atomic E-state index is 12.8. The van der Waals surface area contributed by atoms with Crippen molar-refractivity contribution in [3.63, 3.8) is 0 Å². The number of nitrogens with one attached hydrogen (secondary N) is 1. The second-order valence-electron chi connectivity index (χ2n) is 6.66. The second-order valence-corrected chi connectivity index (χ2v) is 6.66. The zero-order valence-corrected chi connectivity index (χ0v) is 15.0. The fourth-order valence-electron chi connectivity index (χ4n) is 3.35. The highest BCUT2D eigenvalue weighted by molar-refractivity contribution is 5.96. The molecule has 0 fully saturated rings. The molecule has 132 valence electrons. The second kappa shape index (κ2) is 7.88. The first-order valence-corrected chi connectivity index (χ1v) is 9.18. The van der Waals surface area contributed by atoms with Crippen LogP contribution in [0.1, 0.15) is 28.4 Å². The number of ketones is 1. The molecule has 0 aromatic heterocycles. The Morgan fingerprint density at radius 1 is 0.704 bits per heavy atom. The fourth-order valence-corrected chi connectivity index (χ4v) is 3.35. The number of anilines is 1. The number of fused-ring (bicyclic) bond motifs is 1. The molecule has 1 atom stereocenters. The third-order valence-electron chi connectivity index (χ3n) is 4.78. The van der Waals surface area contributed by atoms with Gasteiger partial charge in [0.25, 0.3) is 0 Å². The molecule has 0 aliphatic carbocycles. The highest BCUT2D eigenvalue weighted by atomic mass is 16.1. The highest BCUT2D eigenvalue weighted by Crippen LogP contribution is 2.26. The first kappa shape index (κ1) is 17.0. The summed E-state index contributed by atoms with van der Waals surface area (Å²) in [7, 11) is 0. The van der Waals surface area contributed by atoms with Crippen LogP contribution in [0.2, 0.25) is 0 Å². The van der Waals surface area contributed by atoms with E-state index >= 15 is 0 Å². The van der Waals surface area contributed by atoms with Crippen LogP contribution in [0.15, 0.2) is 103 Å². The fraction of sp³-hybridized carbons (Fsp3) is 0.0800. The number of carbonyl (C=O) groups excluding carboxylic acids is 1. The first-order valence-electron chi connectivity index (χ1n) is 9.18. The number of carbonyl (C=O) groups is 1. The molecule has 4 rings (SSSR count). The summed E-state index contributed by atoms with van der Waals surface area (Å²) in [5.41, 5.74) is 2.87. The summed E-state index contributed by atoms with van der Waals surface area (Å²) < 4.78 is 0. The van der Waals surface area contributed by atoms with E-state index in [2.05, 4.69) is 47.8 Å². The lowest BCUT2D eigenvalue weighted by Gasteiger charge is -2.20. The Bertz CT molecular complexity index is 1040. The quantitative estimate of drug-likeness (QED) is 0.415. The minimum Gasteiger partial charge on any atom is -0.378 e. The van der Waals surface area contributed by atoms with Crippen LogP contribution >= 0.6 is 0 Å². The molecule has 0 bridgehead atoms. The standard InChI is InChI=1S/C25H21NO/c27-25(21-12-5-2-6-13-21)18-24(20-10-3-1-4-11-20)26-23-16-15-19-9-7-8-14-22(19)17-23/h1-17,24,26H,18H2. The van der Waals surface area contributed by atoms with E-state index in [-0.39, 0.29) is 11.8 Å². The zero-order chi connectivity index (χ0) is 18.5. The Balaban J connectivity index is 1.62. The van der Waals surface area contributed by atoms with Crippen molar-refractivity contribution in [1.29, 1.82) is 0 Å². The summed E-state index contributed by atoms with van der Waals surface area (Å²) in [6.45, 7) is 0. The van der Waals surface area contributed by atoms with Gasteiger partial charge in [0, 0.05) is 17.7 Å². The average Bonchev–Trinajstić information content (AvgIpc) is 2.74. The van der Waals surface area contributed by atoms with E-state index in [4.69, 9.17) is 0 Å². The molecule has 1 unspecified atom stereocenters. The molecule has 0 aliphatic heterocycles. The van der Waals surface area contributed by atoms with Crippen LogP contribution in [-0.2, 0) is 0 Å². The summed E-state index contributed by atoms with van der Waals surface area (Å²) in [5.74, 6) is 0.137. The van der Waals surface area contributed by atoms with Crippen molar-refractivity contribution in [3.05, 3.63) is 114 Å². The third kappa shape index (κ3) is 4.06. The number of rotatable bonds is 6. The van der Waals surface area contributed by atoms with Gasteiger partial charge in [-0.3, -0.25) is 4.79 Å². The van der Waals surface area contributed by atoms with E-state index in [1.165, 1.54) is 10.8 Å². The van der Waals surface area contributed by atoms with Crippen molar-refractivity contribution in [2.75, 3.05) is 5.32 Å². The number of benzene rings is 4. The van der Waals surface area contributed by atoms with Crippen LogP contribution in [0.25, 0.3) is 10.8 Å². The van der Waals surface area contributed by atoms with Crippen molar-refractivity contribution in [3.8, 4) is 0 Å². The van der Waals surface area contributed by atoms with E-state index in [9.17, 15) is 4.79 Å². The molecule has 0 amide bonds. The van der Waals surface area contributed by atoms with Gasteiger partial charge in [-0.2, -0.15) is 0 Å². The molecule has 1 N–H and O–H groups in total. The number of hydrogen-bond donors (Lipinski definition) is 1. The van der Waals surface area contributed by atoms with Crippen LogP contribution in [0.5, 0.6) is 0 Å². The van der Waals surface area contributed by atoms with Crippen LogP contribution in [0.3, 0.4) is 0 Å². The van der Waals surface area contributed by atoms with Gasteiger partial charge >= 0.3 is 0 Å². The van der Waals surface area contributed by atoms with Crippen LogP contribution in [-0.4, -0.2) is 5.78 Å². The Labute approximate surface area is 159 Å². The molecule has 0 aliphatic rings. The molecule has 4 aromatic carbocycles. The number of hydrogen-bond acceptors (Lipinski definition) is 2. The molecule has 2 nitrogen and oxygen atoms in total. The summed E-state index contributed by atoms with van der Waals surface area (Å²) in [6.07, 6.45) is 0.404. The van der Waals surface area contributed by atoms with Gasteiger partial charge in [0.05, 0.1) is 6.04 Å². The predicted octanol–water partition coefficient (Wildman–Crippen LogP) is 6.27. The van der Waals surface area contributed by atoms with Crippen LogP contribution in [0, 0.1) is 0 Å². The minimum absolute atomic E-state index is 0.0833. The molecule has 0 radical (unpaired) electrons. The Hall–Kier alpha value is -3.39. The molecule has 0 spiro atoms. The Kier molecular flexibility index (Phi) is 4.97. The van der Waals surface area contributed by atoms with Crippen molar-refractivity contribution >= 4 is 22.2 Å². The van der Waals surface area contributed by atoms with E-state index < -0.39 is 0 Å². The largest absolute Gasteiger partial charge is 0.378 e. The predicted molar refractivity (Wildman–Crippen MR) is 112 cm³/mol. The molecular formula is C25H21NO. The molecule has 0 saturated heterocycles. The van der Waals surface area contributed by atoms with Gasteiger partial charge in [-0.05, 0) is 28.5 Å². The maximum Gasteiger partial charge on any atom is 0.165 e. The lowest BCUT2D eigenvalue weighted by Crippen LogP contribution is -2.15. The molecule has 2 heteroatoms. The highest BCUT2D eigenvalue weighted by Gasteiger charge is 2.17. The van der Waals surface area contributed by atoms with Gasteiger partial charge in [0.2, 0.25) is 0 Å². The lowest BCUT2D eigenvalue weighted by atomic mass is 9.97. The topological polar surface area (TPSA) is 29.1 Å². The van der Waals surface area contributed by atoms with Gasteiger partial charge in [-0.1, -0.05) is 91.0 Å². The first-order chi connectivity index (χ1) is 13.3. The maximum atomic E-state index is 12.8. The average molecular weight is 351 g/mol. The van der Waals surface area contributed by atoms with Crippen molar-refractivity contribution < 1.29 is 4.79 Å². The van der Waals surface area contributed by atoms with Crippen molar-refractivity contribution in [2.45, 2.75) is 12.5 Å². The molecule has 4 aromatic rings. The number of Topliss-reactive ketones (excluding diaryl/α,β-unsaturated/α-hetero) is 1. The SMILES string of the molecule is O=C(CC(Nc1ccc2ccccc2c1)c1ccccc1)c1ccccc1. The molecular weight excluding hydrogens is 330 g/mol.